The van der Waals surface area contributed by atoms with Gasteiger partial charge in [0.15, 0.2) is 0 Å². The Morgan fingerprint density at radius 1 is 1.69 bits per heavy atom. The molecule has 0 saturated carbocycles. The van der Waals surface area contributed by atoms with Gasteiger partial charge in [0.2, 0.25) is 0 Å². The average Bonchev–Trinajstić information content (AvgIpc) is 2.18. The van der Waals surface area contributed by atoms with Crippen molar-refractivity contribution in [2.45, 2.75) is 26.3 Å². The van der Waals surface area contributed by atoms with Gasteiger partial charge in [-0.25, -0.2) is 9.97 Å². The van der Waals surface area contributed by atoms with Crippen molar-refractivity contribution >= 4 is 5.82 Å². The molecular formula is C9H12N4. The van der Waals surface area contributed by atoms with E-state index in [-0.39, 0.29) is 0 Å². The van der Waals surface area contributed by atoms with Gasteiger partial charge in [-0.1, -0.05) is 6.92 Å². The van der Waals surface area contributed by atoms with Gasteiger partial charge < -0.3 is 5.32 Å². The smallest absolute Gasteiger partial charge is 0.147 e. The van der Waals surface area contributed by atoms with Gasteiger partial charge in [0.25, 0.3) is 0 Å². The van der Waals surface area contributed by atoms with Crippen LogP contribution in [0.3, 0.4) is 0 Å². The van der Waals surface area contributed by atoms with Gasteiger partial charge in [0.05, 0.1) is 6.20 Å². The largest absolute Gasteiger partial charge is 0.366 e. The topological polar surface area (TPSA) is 61.6 Å². The minimum Gasteiger partial charge on any atom is -0.366 e. The Morgan fingerprint density at radius 2 is 2.46 bits per heavy atom. The van der Waals surface area contributed by atoms with Crippen molar-refractivity contribution in [3.8, 4) is 6.07 Å². The Morgan fingerprint density at radius 3 is 3.08 bits per heavy atom. The van der Waals surface area contributed by atoms with Crippen LogP contribution in [0, 0.1) is 11.3 Å². The molecule has 0 aliphatic carbocycles. The number of hydrogen-bond acceptors (Lipinski definition) is 4. The number of nitrogens with zero attached hydrogens (tertiary/aromatic N) is 3. The van der Waals surface area contributed by atoms with E-state index in [2.05, 4.69) is 22.2 Å². The molecule has 1 atom stereocenters. The molecule has 0 spiro atoms. The third-order valence-electron chi connectivity index (χ3n) is 1.83. The summed E-state index contributed by atoms with van der Waals surface area (Å²) in [7, 11) is 0. The summed E-state index contributed by atoms with van der Waals surface area (Å²) >= 11 is 0. The lowest BCUT2D eigenvalue weighted by molar-refractivity contribution is 0.757. The standard InChI is InChI=1S/C9H12N4/c1-3-7(2)13-9-8(4-10)5-11-6-12-9/h5-7H,3H2,1-2H3,(H,11,12,13). The second-order valence-corrected chi connectivity index (χ2v) is 2.85. The van der Waals surface area contributed by atoms with E-state index in [1.165, 1.54) is 12.5 Å². The molecule has 0 aliphatic rings. The van der Waals surface area contributed by atoms with Crippen LogP contribution >= 0.6 is 0 Å². The van der Waals surface area contributed by atoms with E-state index in [9.17, 15) is 0 Å². The van der Waals surface area contributed by atoms with Crippen LogP contribution in [0.5, 0.6) is 0 Å². The van der Waals surface area contributed by atoms with Crippen LogP contribution < -0.4 is 5.32 Å². The van der Waals surface area contributed by atoms with Crippen LogP contribution in [0.25, 0.3) is 0 Å². The van der Waals surface area contributed by atoms with E-state index in [4.69, 9.17) is 5.26 Å². The summed E-state index contributed by atoms with van der Waals surface area (Å²) in [5, 5.41) is 11.9. The van der Waals surface area contributed by atoms with Gasteiger partial charge in [-0.3, -0.25) is 0 Å². The first kappa shape index (κ1) is 9.46. The fourth-order valence-electron chi connectivity index (χ4n) is 0.862. The summed E-state index contributed by atoms with van der Waals surface area (Å²) in [6.07, 6.45) is 3.94. The van der Waals surface area contributed by atoms with Crippen molar-refractivity contribution in [3.63, 3.8) is 0 Å². The van der Waals surface area contributed by atoms with E-state index in [0.717, 1.165) is 6.42 Å². The summed E-state index contributed by atoms with van der Waals surface area (Å²) < 4.78 is 0. The number of rotatable bonds is 3. The maximum Gasteiger partial charge on any atom is 0.147 e. The molecule has 0 amide bonds. The van der Waals surface area contributed by atoms with E-state index < -0.39 is 0 Å². The molecule has 4 nitrogen and oxygen atoms in total. The zero-order chi connectivity index (χ0) is 9.68. The third kappa shape index (κ3) is 2.41. The number of hydrogen-bond donors (Lipinski definition) is 1. The summed E-state index contributed by atoms with van der Waals surface area (Å²) in [6.45, 7) is 4.12. The first-order valence-corrected chi connectivity index (χ1v) is 4.24. The molecule has 0 fully saturated rings. The lowest BCUT2D eigenvalue weighted by Gasteiger charge is -2.11. The predicted octanol–water partition coefficient (Wildman–Crippen LogP) is 1.56. The molecule has 13 heavy (non-hydrogen) atoms. The zero-order valence-electron chi connectivity index (χ0n) is 7.78. The molecule has 1 heterocycles. The van der Waals surface area contributed by atoms with Crippen LogP contribution in [-0.2, 0) is 0 Å². The molecule has 1 aromatic rings. The quantitative estimate of drug-likeness (QED) is 0.759. The molecule has 1 aromatic heterocycles. The maximum atomic E-state index is 8.73. The Hall–Kier alpha value is -1.63. The number of nitriles is 1. The molecule has 1 unspecified atom stereocenters. The lowest BCUT2D eigenvalue weighted by Crippen LogP contribution is -2.15. The van der Waals surface area contributed by atoms with Crippen molar-refractivity contribution in [1.82, 2.24) is 9.97 Å². The highest BCUT2D eigenvalue weighted by atomic mass is 15.0. The highest BCUT2D eigenvalue weighted by Gasteiger charge is 2.04. The maximum absolute atomic E-state index is 8.73. The Kier molecular flexibility index (Phi) is 3.21. The monoisotopic (exact) mass is 176 g/mol. The van der Waals surface area contributed by atoms with Gasteiger partial charge >= 0.3 is 0 Å². The molecule has 0 radical (unpaired) electrons. The van der Waals surface area contributed by atoms with E-state index in [0.29, 0.717) is 17.4 Å². The SMILES string of the molecule is CCC(C)Nc1ncncc1C#N. The summed E-state index contributed by atoms with van der Waals surface area (Å²) in [5.74, 6) is 0.617. The third-order valence-corrected chi connectivity index (χ3v) is 1.83. The first-order chi connectivity index (χ1) is 6.27. The van der Waals surface area contributed by atoms with Crippen LogP contribution in [0.15, 0.2) is 12.5 Å². The molecule has 0 saturated heterocycles. The van der Waals surface area contributed by atoms with Crippen molar-refractivity contribution in [2.75, 3.05) is 5.32 Å². The second kappa shape index (κ2) is 4.41. The van der Waals surface area contributed by atoms with Crippen molar-refractivity contribution in [2.24, 2.45) is 0 Å². The van der Waals surface area contributed by atoms with Crippen molar-refractivity contribution in [1.29, 1.82) is 5.26 Å². The van der Waals surface area contributed by atoms with Gasteiger partial charge in [0.1, 0.15) is 23.8 Å². The van der Waals surface area contributed by atoms with E-state index in [1.807, 2.05) is 13.0 Å². The minimum absolute atomic E-state index is 0.321. The number of anilines is 1. The first-order valence-electron chi connectivity index (χ1n) is 4.24. The normalized spacial score (nSPS) is 11.8. The van der Waals surface area contributed by atoms with Crippen LogP contribution in [0.4, 0.5) is 5.82 Å². The van der Waals surface area contributed by atoms with Crippen molar-refractivity contribution < 1.29 is 0 Å². The highest BCUT2D eigenvalue weighted by molar-refractivity contribution is 5.50. The summed E-state index contributed by atoms with van der Waals surface area (Å²) in [5.41, 5.74) is 0.489. The molecule has 0 aliphatic heterocycles. The van der Waals surface area contributed by atoms with Gasteiger partial charge in [0, 0.05) is 6.04 Å². The van der Waals surface area contributed by atoms with Gasteiger partial charge in [-0.2, -0.15) is 5.26 Å². The van der Waals surface area contributed by atoms with Crippen LogP contribution in [0.2, 0.25) is 0 Å². The van der Waals surface area contributed by atoms with Crippen molar-refractivity contribution in [3.05, 3.63) is 18.1 Å². The molecule has 68 valence electrons. The number of aromatic nitrogens is 2. The average molecular weight is 176 g/mol. The lowest BCUT2D eigenvalue weighted by atomic mass is 10.2. The van der Waals surface area contributed by atoms with Crippen LogP contribution in [0.1, 0.15) is 25.8 Å². The van der Waals surface area contributed by atoms with Crippen LogP contribution in [-0.4, -0.2) is 16.0 Å². The molecule has 0 aromatic carbocycles. The Bertz CT molecular complexity index is 316. The molecular weight excluding hydrogens is 164 g/mol. The fourth-order valence-corrected chi connectivity index (χ4v) is 0.862. The van der Waals surface area contributed by atoms with Gasteiger partial charge in [-0.05, 0) is 13.3 Å². The number of nitrogens with one attached hydrogen (secondary N) is 1. The molecule has 1 N–H and O–H groups in total. The predicted molar refractivity (Wildman–Crippen MR) is 50.1 cm³/mol. The fraction of sp³-hybridized carbons (Fsp3) is 0.444. The van der Waals surface area contributed by atoms with E-state index in [1.54, 1.807) is 0 Å². The second-order valence-electron chi connectivity index (χ2n) is 2.85. The Balaban J connectivity index is 2.82. The molecule has 1 rings (SSSR count). The summed E-state index contributed by atoms with van der Waals surface area (Å²) in [6, 6.07) is 2.36. The minimum atomic E-state index is 0.321. The summed E-state index contributed by atoms with van der Waals surface area (Å²) in [4.78, 5) is 7.77. The zero-order valence-corrected chi connectivity index (χ0v) is 7.78. The van der Waals surface area contributed by atoms with E-state index >= 15 is 0 Å². The Labute approximate surface area is 77.6 Å². The van der Waals surface area contributed by atoms with Gasteiger partial charge in [-0.15, -0.1) is 0 Å². The highest BCUT2D eigenvalue weighted by Crippen LogP contribution is 2.10. The molecule has 4 heteroatoms. The molecule has 0 bridgehead atoms.